The van der Waals surface area contributed by atoms with Gasteiger partial charge in [-0.2, -0.15) is 13.9 Å². The van der Waals surface area contributed by atoms with Crippen molar-refractivity contribution in [2.75, 3.05) is 5.73 Å². The number of nitrogen functional groups attached to an aromatic ring is 1. The molecular weight excluding hydrogens is 250 g/mol. The van der Waals surface area contributed by atoms with E-state index in [4.69, 9.17) is 5.73 Å². The highest BCUT2D eigenvalue weighted by atomic mass is 19.3. The predicted octanol–water partition coefficient (Wildman–Crippen LogP) is 3.05. The predicted molar refractivity (Wildman–Crippen MR) is 57.9 cm³/mol. The normalized spacial score (nSPS) is 11.8. The van der Waals surface area contributed by atoms with E-state index in [0.717, 1.165) is 12.1 Å². The van der Waals surface area contributed by atoms with Crippen LogP contribution in [-0.4, -0.2) is 10.2 Å². The topological polar surface area (TPSA) is 54.7 Å². The third-order valence-corrected chi connectivity index (χ3v) is 2.38. The number of aromatic nitrogens is 2. The van der Waals surface area contributed by atoms with Gasteiger partial charge in [0.25, 0.3) is 5.92 Å². The van der Waals surface area contributed by atoms with Gasteiger partial charge in [0.15, 0.2) is 5.82 Å². The van der Waals surface area contributed by atoms with Gasteiger partial charge in [0.05, 0.1) is 5.56 Å². The van der Waals surface area contributed by atoms with Crippen molar-refractivity contribution >= 4 is 5.82 Å². The third kappa shape index (κ3) is 2.15. The summed E-state index contributed by atoms with van der Waals surface area (Å²) in [6, 6.07) is 2.47. The van der Waals surface area contributed by atoms with Gasteiger partial charge in [0, 0.05) is 13.0 Å². The van der Waals surface area contributed by atoms with E-state index in [1.54, 1.807) is 0 Å². The molecule has 2 rings (SSSR count). The summed E-state index contributed by atoms with van der Waals surface area (Å²) >= 11 is 0. The Morgan fingerprint density at radius 3 is 2.22 bits per heavy atom. The van der Waals surface area contributed by atoms with Gasteiger partial charge in [-0.1, -0.05) is 0 Å². The number of alkyl halides is 2. The number of rotatable bonds is 2. The first-order chi connectivity index (χ1) is 8.29. The number of halogens is 4. The number of hydrogen-bond acceptors (Lipinski definition) is 2. The van der Waals surface area contributed by atoms with E-state index in [9.17, 15) is 17.6 Å². The standard InChI is InChI=1S/C11H9F4N3/c1-11(14,15)9-8(10(16)18-17-9)5-2-6(12)4-7(13)3-5/h2-4H,1H3,(H3,16,17,18). The summed E-state index contributed by atoms with van der Waals surface area (Å²) in [4.78, 5) is 0. The van der Waals surface area contributed by atoms with Gasteiger partial charge in [0.2, 0.25) is 0 Å². The van der Waals surface area contributed by atoms with Gasteiger partial charge >= 0.3 is 0 Å². The molecule has 0 aliphatic carbocycles. The van der Waals surface area contributed by atoms with Crippen molar-refractivity contribution in [1.29, 1.82) is 0 Å². The third-order valence-electron chi connectivity index (χ3n) is 2.38. The van der Waals surface area contributed by atoms with Gasteiger partial charge in [0.1, 0.15) is 17.3 Å². The average molecular weight is 259 g/mol. The molecule has 96 valence electrons. The molecule has 1 aromatic heterocycles. The molecule has 0 radical (unpaired) electrons. The molecule has 0 saturated carbocycles. The summed E-state index contributed by atoms with van der Waals surface area (Å²) in [7, 11) is 0. The first-order valence-corrected chi connectivity index (χ1v) is 4.97. The number of nitrogens with zero attached hydrogens (tertiary/aromatic N) is 1. The second-order valence-electron chi connectivity index (χ2n) is 3.91. The van der Waals surface area contributed by atoms with Crippen molar-refractivity contribution in [2.24, 2.45) is 0 Å². The zero-order valence-electron chi connectivity index (χ0n) is 9.27. The lowest BCUT2D eigenvalue weighted by atomic mass is 10.0. The molecule has 0 unspecified atom stereocenters. The van der Waals surface area contributed by atoms with Gasteiger partial charge in [-0.3, -0.25) is 5.10 Å². The van der Waals surface area contributed by atoms with Crippen molar-refractivity contribution in [3.05, 3.63) is 35.5 Å². The van der Waals surface area contributed by atoms with Crippen LogP contribution in [0.3, 0.4) is 0 Å². The fraction of sp³-hybridized carbons (Fsp3) is 0.182. The first-order valence-electron chi connectivity index (χ1n) is 4.97. The van der Waals surface area contributed by atoms with Gasteiger partial charge < -0.3 is 5.73 Å². The Bertz CT molecular complexity index is 566. The number of hydrogen-bond donors (Lipinski definition) is 2. The molecule has 0 amide bonds. The molecule has 3 N–H and O–H groups in total. The van der Waals surface area contributed by atoms with Crippen LogP contribution in [0.1, 0.15) is 12.6 Å². The SMILES string of the molecule is CC(F)(F)c1[nH]nc(N)c1-c1cc(F)cc(F)c1. The van der Waals surface area contributed by atoms with Crippen LogP contribution in [0, 0.1) is 11.6 Å². The number of aromatic amines is 1. The lowest BCUT2D eigenvalue weighted by molar-refractivity contribution is 0.0133. The van der Waals surface area contributed by atoms with E-state index >= 15 is 0 Å². The van der Waals surface area contributed by atoms with E-state index in [1.165, 1.54) is 0 Å². The van der Waals surface area contributed by atoms with E-state index in [0.29, 0.717) is 13.0 Å². The Balaban J connectivity index is 2.67. The van der Waals surface area contributed by atoms with Crippen LogP contribution >= 0.6 is 0 Å². The van der Waals surface area contributed by atoms with E-state index in [-0.39, 0.29) is 16.9 Å². The molecule has 0 spiro atoms. The lowest BCUT2D eigenvalue weighted by Gasteiger charge is -2.11. The number of benzene rings is 1. The van der Waals surface area contributed by atoms with E-state index in [1.807, 2.05) is 0 Å². The second kappa shape index (κ2) is 4.01. The summed E-state index contributed by atoms with van der Waals surface area (Å²) in [6.07, 6.45) is 0. The first kappa shape index (κ1) is 12.4. The highest BCUT2D eigenvalue weighted by Gasteiger charge is 2.32. The van der Waals surface area contributed by atoms with E-state index < -0.39 is 23.3 Å². The van der Waals surface area contributed by atoms with Crippen molar-refractivity contribution in [2.45, 2.75) is 12.8 Å². The Labute approximate surface area is 99.6 Å². The number of nitrogens with one attached hydrogen (secondary N) is 1. The zero-order chi connectivity index (χ0) is 13.5. The van der Waals surface area contributed by atoms with E-state index in [2.05, 4.69) is 10.2 Å². The van der Waals surface area contributed by atoms with Gasteiger partial charge in [-0.15, -0.1) is 0 Å². The molecule has 18 heavy (non-hydrogen) atoms. The van der Waals surface area contributed by atoms with Crippen LogP contribution in [0.2, 0.25) is 0 Å². The maximum Gasteiger partial charge on any atom is 0.287 e. The van der Waals surface area contributed by atoms with Gasteiger partial charge in [-0.05, 0) is 17.7 Å². The van der Waals surface area contributed by atoms with Crippen molar-refractivity contribution < 1.29 is 17.6 Å². The van der Waals surface area contributed by atoms with Crippen LogP contribution in [0.5, 0.6) is 0 Å². The minimum absolute atomic E-state index is 0.0877. The van der Waals surface area contributed by atoms with Gasteiger partial charge in [-0.25, -0.2) is 8.78 Å². The van der Waals surface area contributed by atoms with Crippen LogP contribution in [0.25, 0.3) is 11.1 Å². The largest absolute Gasteiger partial charge is 0.382 e. The summed E-state index contributed by atoms with van der Waals surface area (Å²) < 4.78 is 52.8. The minimum atomic E-state index is -3.25. The molecule has 7 heteroatoms. The Kier molecular flexibility index (Phi) is 2.76. The fourth-order valence-corrected chi connectivity index (χ4v) is 1.66. The molecule has 1 aromatic carbocycles. The monoisotopic (exact) mass is 259 g/mol. The molecule has 0 bridgehead atoms. The number of H-pyrrole nitrogens is 1. The highest BCUT2D eigenvalue weighted by molar-refractivity contribution is 5.76. The summed E-state index contributed by atoms with van der Waals surface area (Å²) in [6.45, 7) is 0.638. The molecule has 0 aliphatic heterocycles. The quantitative estimate of drug-likeness (QED) is 0.814. The zero-order valence-corrected chi connectivity index (χ0v) is 9.27. The second-order valence-corrected chi connectivity index (χ2v) is 3.91. The van der Waals surface area contributed by atoms with Crippen molar-refractivity contribution in [1.82, 2.24) is 10.2 Å². The average Bonchev–Trinajstić information content (AvgIpc) is 2.57. The molecule has 1 heterocycles. The Morgan fingerprint density at radius 2 is 1.72 bits per heavy atom. The minimum Gasteiger partial charge on any atom is -0.382 e. The highest BCUT2D eigenvalue weighted by Crippen LogP contribution is 2.37. The van der Waals surface area contributed by atoms with Crippen molar-refractivity contribution in [3.63, 3.8) is 0 Å². The van der Waals surface area contributed by atoms with Crippen LogP contribution in [0.15, 0.2) is 18.2 Å². The molecule has 0 saturated heterocycles. The number of anilines is 1. The van der Waals surface area contributed by atoms with Crippen LogP contribution in [0.4, 0.5) is 23.4 Å². The molecular formula is C11H9F4N3. The molecule has 0 fully saturated rings. The Hall–Kier alpha value is -2.05. The molecule has 3 nitrogen and oxygen atoms in total. The fourth-order valence-electron chi connectivity index (χ4n) is 1.66. The summed E-state index contributed by atoms with van der Waals surface area (Å²) in [5.41, 5.74) is 4.59. The maximum absolute atomic E-state index is 13.3. The van der Waals surface area contributed by atoms with Crippen LogP contribution in [-0.2, 0) is 5.92 Å². The molecule has 2 aromatic rings. The maximum atomic E-state index is 13.3. The van der Waals surface area contributed by atoms with Crippen molar-refractivity contribution in [3.8, 4) is 11.1 Å². The Morgan fingerprint density at radius 1 is 1.17 bits per heavy atom. The molecule has 0 atom stereocenters. The lowest BCUT2D eigenvalue weighted by Crippen LogP contribution is -2.09. The summed E-state index contributed by atoms with van der Waals surface area (Å²) in [5, 5.41) is 5.53. The number of nitrogens with two attached hydrogens (primary N) is 1. The summed E-state index contributed by atoms with van der Waals surface area (Å²) in [5.74, 6) is -5.24. The smallest absolute Gasteiger partial charge is 0.287 e. The molecule has 0 aliphatic rings. The van der Waals surface area contributed by atoms with Crippen LogP contribution < -0.4 is 5.73 Å².